The highest BCUT2D eigenvalue weighted by molar-refractivity contribution is 7.85. The Morgan fingerprint density at radius 2 is 1.45 bits per heavy atom. The molecule has 0 radical (unpaired) electrons. The minimum atomic E-state index is -3.66. The van der Waals surface area contributed by atoms with Gasteiger partial charge in [-0.15, -0.1) is 0 Å². The smallest absolute Gasteiger partial charge is 0.264 e. The SMILES string of the molecule is COc1cc(OCc2ccccc2)c(CC2OC2(C)COS(C)(=O)=O)c2oc3c(OCc4ccccc4)cccc3c(=O)c12. The van der Waals surface area contributed by atoms with E-state index in [4.69, 9.17) is 27.5 Å². The molecule has 1 aromatic heterocycles. The predicted molar refractivity (Wildman–Crippen MR) is 166 cm³/mol. The molecule has 228 valence electrons. The van der Waals surface area contributed by atoms with E-state index in [9.17, 15) is 13.2 Å². The number of epoxide rings is 1. The lowest BCUT2D eigenvalue weighted by Crippen LogP contribution is -2.22. The molecule has 6 rings (SSSR count). The van der Waals surface area contributed by atoms with Gasteiger partial charge in [0, 0.05) is 18.1 Å². The molecule has 5 aromatic rings. The number of ether oxygens (including phenoxy) is 4. The van der Waals surface area contributed by atoms with Gasteiger partial charge in [0.05, 0.1) is 31.5 Å². The molecule has 9 nitrogen and oxygen atoms in total. The Morgan fingerprint density at radius 3 is 2.07 bits per heavy atom. The third kappa shape index (κ3) is 6.28. The van der Waals surface area contributed by atoms with Gasteiger partial charge in [0.2, 0.25) is 5.43 Å². The fourth-order valence-corrected chi connectivity index (χ4v) is 5.62. The highest BCUT2D eigenvalue weighted by atomic mass is 32.2. The average Bonchev–Trinajstić information content (AvgIpc) is 3.68. The molecule has 2 heterocycles. The highest BCUT2D eigenvalue weighted by Gasteiger charge is 2.53. The van der Waals surface area contributed by atoms with Crippen LogP contribution < -0.4 is 19.6 Å². The van der Waals surface area contributed by atoms with Crippen LogP contribution in [-0.4, -0.2) is 40.1 Å². The average molecular weight is 617 g/mol. The first-order valence-electron chi connectivity index (χ1n) is 14.1. The van der Waals surface area contributed by atoms with Crippen LogP contribution in [0.2, 0.25) is 0 Å². The Labute approximate surface area is 255 Å². The zero-order chi connectivity index (χ0) is 30.9. The molecule has 0 N–H and O–H groups in total. The second-order valence-electron chi connectivity index (χ2n) is 11.0. The van der Waals surface area contributed by atoms with E-state index in [1.165, 1.54) is 7.11 Å². The molecule has 0 aliphatic carbocycles. The third-order valence-corrected chi connectivity index (χ3v) is 8.19. The van der Waals surface area contributed by atoms with Crippen molar-refractivity contribution in [3.05, 3.63) is 112 Å². The molecule has 0 spiro atoms. The molecule has 0 bridgehead atoms. The van der Waals surface area contributed by atoms with Gasteiger partial charge in [0.15, 0.2) is 11.3 Å². The van der Waals surface area contributed by atoms with Crippen LogP contribution in [0.15, 0.2) is 94.1 Å². The van der Waals surface area contributed by atoms with Gasteiger partial charge in [0.25, 0.3) is 10.1 Å². The highest BCUT2D eigenvalue weighted by Crippen LogP contribution is 2.44. The van der Waals surface area contributed by atoms with E-state index in [-0.39, 0.29) is 42.6 Å². The van der Waals surface area contributed by atoms with Crippen molar-refractivity contribution >= 4 is 32.1 Å². The summed E-state index contributed by atoms with van der Waals surface area (Å²) in [5.74, 6) is 1.17. The van der Waals surface area contributed by atoms with Crippen LogP contribution >= 0.6 is 0 Å². The van der Waals surface area contributed by atoms with E-state index in [1.54, 1.807) is 31.2 Å². The van der Waals surface area contributed by atoms with E-state index < -0.39 is 21.8 Å². The summed E-state index contributed by atoms with van der Waals surface area (Å²) in [6.07, 6.45) is 0.832. The van der Waals surface area contributed by atoms with Crippen molar-refractivity contribution in [2.45, 2.75) is 38.3 Å². The molecular formula is C34H32O9S. The lowest BCUT2D eigenvalue weighted by molar-refractivity contribution is 0.207. The Balaban J connectivity index is 1.46. The first-order valence-corrected chi connectivity index (χ1v) is 15.9. The van der Waals surface area contributed by atoms with E-state index in [2.05, 4.69) is 0 Å². The second-order valence-corrected chi connectivity index (χ2v) is 12.6. The molecule has 10 heteroatoms. The van der Waals surface area contributed by atoms with Crippen LogP contribution in [0.1, 0.15) is 23.6 Å². The van der Waals surface area contributed by atoms with Gasteiger partial charge < -0.3 is 23.4 Å². The summed E-state index contributed by atoms with van der Waals surface area (Å²) in [7, 11) is -2.17. The molecular weight excluding hydrogens is 584 g/mol. The van der Waals surface area contributed by atoms with E-state index in [0.29, 0.717) is 33.8 Å². The minimum absolute atomic E-state index is 0.144. The fourth-order valence-electron chi connectivity index (χ4n) is 5.17. The number of rotatable bonds is 12. The Hall–Kier alpha value is -4.38. The lowest BCUT2D eigenvalue weighted by Gasteiger charge is -2.17. The quantitative estimate of drug-likeness (QED) is 0.0976. The van der Waals surface area contributed by atoms with Crippen LogP contribution in [-0.2, 0) is 38.7 Å². The van der Waals surface area contributed by atoms with E-state index >= 15 is 0 Å². The van der Waals surface area contributed by atoms with Crippen LogP contribution in [0.25, 0.3) is 21.9 Å². The summed E-state index contributed by atoms with van der Waals surface area (Å²) in [6.45, 7) is 2.17. The molecule has 1 aliphatic heterocycles. The molecule has 1 aliphatic rings. The van der Waals surface area contributed by atoms with Crippen LogP contribution in [0.4, 0.5) is 0 Å². The van der Waals surface area contributed by atoms with Crippen molar-refractivity contribution in [2.75, 3.05) is 20.0 Å². The molecule has 4 aromatic carbocycles. The minimum Gasteiger partial charge on any atom is -0.496 e. The van der Waals surface area contributed by atoms with Crippen LogP contribution in [0, 0.1) is 0 Å². The van der Waals surface area contributed by atoms with Crippen molar-refractivity contribution in [3.8, 4) is 17.2 Å². The van der Waals surface area contributed by atoms with Gasteiger partial charge in [-0.2, -0.15) is 8.42 Å². The Bertz CT molecular complexity index is 1970. The van der Waals surface area contributed by atoms with Gasteiger partial charge in [-0.1, -0.05) is 66.7 Å². The largest absolute Gasteiger partial charge is 0.496 e. The molecule has 1 fully saturated rings. The third-order valence-electron chi connectivity index (χ3n) is 7.64. The van der Waals surface area contributed by atoms with Crippen molar-refractivity contribution in [2.24, 2.45) is 0 Å². The molecule has 2 atom stereocenters. The number of hydrogen-bond acceptors (Lipinski definition) is 9. The van der Waals surface area contributed by atoms with Gasteiger partial charge in [-0.3, -0.25) is 8.98 Å². The molecule has 0 amide bonds. The number of fused-ring (bicyclic) bond motifs is 2. The van der Waals surface area contributed by atoms with Crippen LogP contribution in [0.3, 0.4) is 0 Å². The van der Waals surface area contributed by atoms with Crippen LogP contribution in [0.5, 0.6) is 17.2 Å². The zero-order valence-corrected chi connectivity index (χ0v) is 25.4. The van der Waals surface area contributed by atoms with Gasteiger partial charge in [0.1, 0.15) is 41.3 Å². The monoisotopic (exact) mass is 616 g/mol. The van der Waals surface area contributed by atoms with Crippen molar-refractivity contribution in [3.63, 3.8) is 0 Å². The molecule has 44 heavy (non-hydrogen) atoms. The maximum atomic E-state index is 14.0. The Kier molecular flexibility index (Phi) is 8.06. The first kappa shape index (κ1) is 29.7. The topological polar surface area (TPSA) is 114 Å². The lowest BCUT2D eigenvalue weighted by atomic mass is 9.98. The van der Waals surface area contributed by atoms with E-state index in [0.717, 1.165) is 17.4 Å². The van der Waals surface area contributed by atoms with Crippen molar-refractivity contribution in [1.82, 2.24) is 0 Å². The summed E-state index contributed by atoms with van der Waals surface area (Å²) in [5.41, 5.74) is 1.94. The number of hydrogen-bond donors (Lipinski definition) is 0. The normalized spacial score (nSPS) is 17.9. The van der Waals surface area contributed by atoms with E-state index in [1.807, 2.05) is 60.7 Å². The molecule has 2 unspecified atom stereocenters. The summed E-state index contributed by atoms with van der Waals surface area (Å²) < 4.78 is 59.0. The van der Waals surface area contributed by atoms with Gasteiger partial charge in [-0.25, -0.2) is 0 Å². The zero-order valence-electron chi connectivity index (χ0n) is 24.6. The predicted octanol–water partition coefficient (Wildman–Crippen LogP) is 5.79. The number of benzene rings is 4. The summed E-state index contributed by atoms with van der Waals surface area (Å²) in [5, 5.41) is 0.608. The van der Waals surface area contributed by atoms with Gasteiger partial charge >= 0.3 is 0 Å². The molecule has 1 saturated heterocycles. The standard InChI is InChI=1S/C34H32O9S/c1-34(21-41-44(3,36)37)29(43-34)17-25-27(40-20-23-13-8-5-9-14-23)18-28(38-2)30-31(35)24-15-10-16-26(32(24)42-33(25)30)39-19-22-11-6-4-7-12-22/h4-16,18,29H,17,19-21H2,1-3H3. The maximum absolute atomic E-state index is 14.0. The molecule has 0 saturated carbocycles. The Morgan fingerprint density at radius 1 is 0.818 bits per heavy atom. The summed E-state index contributed by atoms with van der Waals surface area (Å²) in [4.78, 5) is 14.0. The summed E-state index contributed by atoms with van der Waals surface area (Å²) in [6, 6.07) is 26.3. The van der Waals surface area contributed by atoms with Crippen molar-refractivity contribution < 1.29 is 36.0 Å². The maximum Gasteiger partial charge on any atom is 0.264 e. The van der Waals surface area contributed by atoms with Crippen molar-refractivity contribution in [1.29, 1.82) is 0 Å². The summed E-state index contributed by atoms with van der Waals surface area (Å²) >= 11 is 0. The second kappa shape index (κ2) is 12.0. The fraction of sp³-hybridized carbons (Fsp3) is 0.265. The number of para-hydroxylation sites is 1. The first-order chi connectivity index (χ1) is 21.1. The number of methoxy groups -OCH3 is 1. The van der Waals surface area contributed by atoms with Gasteiger partial charge in [-0.05, 0) is 30.2 Å².